The highest BCUT2D eigenvalue weighted by Gasteiger charge is 2.46. The lowest BCUT2D eigenvalue weighted by Gasteiger charge is -2.36. The summed E-state index contributed by atoms with van der Waals surface area (Å²) in [5, 5.41) is 0.789. The van der Waals surface area contributed by atoms with Crippen LogP contribution in [0.4, 0.5) is 5.69 Å². The van der Waals surface area contributed by atoms with Gasteiger partial charge in [0.1, 0.15) is 0 Å². The minimum Gasteiger partial charge on any atom is -0.367 e. The molecule has 0 aromatic heterocycles. The van der Waals surface area contributed by atoms with Gasteiger partial charge in [-0.2, -0.15) is 0 Å². The number of carbonyl (C=O) groups excluding carboxylic acids is 1. The molecule has 136 valence electrons. The first-order chi connectivity index (χ1) is 12.5. The summed E-state index contributed by atoms with van der Waals surface area (Å²) in [7, 11) is 0. The first-order valence-electron chi connectivity index (χ1n) is 9.39. The molecule has 0 spiro atoms. The van der Waals surface area contributed by atoms with Gasteiger partial charge in [-0.15, -0.1) is 0 Å². The van der Waals surface area contributed by atoms with Crippen molar-refractivity contribution in [2.75, 3.05) is 31.1 Å². The van der Waals surface area contributed by atoms with Crippen molar-refractivity contribution in [2.24, 2.45) is 5.92 Å². The predicted molar refractivity (Wildman–Crippen MR) is 107 cm³/mol. The highest BCUT2D eigenvalue weighted by Crippen LogP contribution is 2.48. The summed E-state index contributed by atoms with van der Waals surface area (Å²) < 4.78 is 0. The van der Waals surface area contributed by atoms with Crippen LogP contribution in [0.25, 0.3) is 0 Å². The summed E-state index contributed by atoms with van der Waals surface area (Å²) >= 11 is 6.36. The Kier molecular flexibility index (Phi) is 4.66. The van der Waals surface area contributed by atoms with Gasteiger partial charge in [0, 0.05) is 32.1 Å². The molecule has 1 aliphatic carbocycles. The molecule has 1 unspecified atom stereocenters. The Morgan fingerprint density at radius 1 is 0.962 bits per heavy atom. The normalized spacial score (nSPS) is 22.4. The quantitative estimate of drug-likeness (QED) is 0.801. The molecule has 4 heteroatoms. The van der Waals surface area contributed by atoms with Gasteiger partial charge < -0.3 is 9.80 Å². The second kappa shape index (κ2) is 6.96. The maximum atomic E-state index is 12.9. The first kappa shape index (κ1) is 17.4. The third-order valence-corrected chi connectivity index (χ3v) is 5.97. The van der Waals surface area contributed by atoms with Crippen molar-refractivity contribution in [1.29, 1.82) is 0 Å². The summed E-state index contributed by atoms with van der Waals surface area (Å²) in [4.78, 5) is 17.2. The summed E-state index contributed by atoms with van der Waals surface area (Å²) in [5.41, 5.74) is 4.87. The molecule has 3 nitrogen and oxygen atoms in total. The smallest absolute Gasteiger partial charge is 0.226 e. The van der Waals surface area contributed by atoms with Crippen LogP contribution in [0.3, 0.4) is 0 Å². The van der Waals surface area contributed by atoms with Crippen molar-refractivity contribution in [3.8, 4) is 0 Å². The molecule has 1 aliphatic heterocycles. The molecule has 2 fully saturated rings. The molecular formula is C22H25ClN2O. The van der Waals surface area contributed by atoms with Gasteiger partial charge >= 0.3 is 0 Å². The maximum Gasteiger partial charge on any atom is 0.226 e. The molecule has 2 aliphatic rings. The maximum absolute atomic E-state index is 12.9. The zero-order valence-corrected chi connectivity index (χ0v) is 16.2. The van der Waals surface area contributed by atoms with E-state index in [2.05, 4.69) is 49.1 Å². The van der Waals surface area contributed by atoms with Gasteiger partial charge in [-0.25, -0.2) is 0 Å². The minimum atomic E-state index is 0.173. The van der Waals surface area contributed by atoms with Crippen LogP contribution in [0.15, 0.2) is 42.5 Å². The summed E-state index contributed by atoms with van der Waals surface area (Å²) in [5.74, 6) is 0.907. The lowest BCUT2D eigenvalue weighted by molar-refractivity contribution is -0.132. The van der Waals surface area contributed by atoms with Crippen molar-refractivity contribution in [3.63, 3.8) is 0 Å². The minimum absolute atomic E-state index is 0.173. The fraction of sp³-hybridized carbons (Fsp3) is 0.409. The van der Waals surface area contributed by atoms with E-state index in [0.29, 0.717) is 11.8 Å². The Labute approximate surface area is 160 Å². The van der Waals surface area contributed by atoms with Crippen molar-refractivity contribution in [1.82, 2.24) is 4.90 Å². The summed E-state index contributed by atoms with van der Waals surface area (Å²) in [6.45, 7) is 7.42. The molecule has 2 atom stereocenters. The Balaban J connectivity index is 1.36. The topological polar surface area (TPSA) is 23.6 Å². The SMILES string of the molecule is Cc1ccc([C@@H]2CC2C(=O)N2CCN(c3cc(C)ccc3Cl)CC2)cc1. The highest BCUT2D eigenvalue weighted by atomic mass is 35.5. The standard InChI is InChI=1S/C22H25ClN2O/c1-15-3-6-17(7-4-15)18-14-19(18)22(26)25-11-9-24(10-12-25)21-13-16(2)5-8-20(21)23/h3-8,13,18-19H,9-12,14H2,1-2H3/t18-,19?/m0/s1. The van der Waals surface area contributed by atoms with Crippen LogP contribution in [0.5, 0.6) is 0 Å². The predicted octanol–water partition coefficient (Wildman–Crippen LogP) is 4.41. The van der Waals surface area contributed by atoms with Crippen LogP contribution in [-0.2, 0) is 4.79 Å². The summed E-state index contributed by atoms with van der Waals surface area (Å²) in [6, 6.07) is 14.7. The molecule has 0 N–H and O–H groups in total. The highest BCUT2D eigenvalue weighted by molar-refractivity contribution is 6.33. The van der Waals surface area contributed by atoms with E-state index in [1.54, 1.807) is 0 Å². The molecule has 1 heterocycles. The van der Waals surface area contributed by atoms with Gasteiger partial charge in [0.25, 0.3) is 0 Å². The van der Waals surface area contributed by atoms with Gasteiger partial charge in [0.15, 0.2) is 0 Å². The average molecular weight is 369 g/mol. The number of piperazine rings is 1. The molecule has 0 radical (unpaired) electrons. The second-order valence-corrected chi connectivity index (χ2v) is 8.03. The second-order valence-electron chi connectivity index (χ2n) is 7.63. The van der Waals surface area contributed by atoms with Crippen LogP contribution < -0.4 is 4.90 Å². The Morgan fingerprint density at radius 2 is 1.62 bits per heavy atom. The van der Waals surface area contributed by atoms with E-state index in [4.69, 9.17) is 11.6 Å². The fourth-order valence-corrected chi connectivity index (χ4v) is 4.15. The molecule has 4 rings (SSSR count). The number of hydrogen-bond acceptors (Lipinski definition) is 2. The molecule has 2 aromatic rings. The number of rotatable bonds is 3. The lowest BCUT2D eigenvalue weighted by Crippen LogP contribution is -2.49. The number of anilines is 1. The van der Waals surface area contributed by atoms with Gasteiger partial charge in [-0.1, -0.05) is 47.5 Å². The van der Waals surface area contributed by atoms with Crippen LogP contribution in [0.2, 0.25) is 5.02 Å². The van der Waals surface area contributed by atoms with E-state index < -0.39 is 0 Å². The van der Waals surface area contributed by atoms with Crippen molar-refractivity contribution in [2.45, 2.75) is 26.2 Å². The third kappa shape index (κ3) is 3.45. The monoisotopic (exact) mass is 368 g/mol. The van der Waals surface area contributed by atoms with E-state index >= 15 is 0 Å². The number of halogens is 1. The molecule has 1 saturated heterocycles. The fourth-order valence-electron chi connectivity index (χ4n) is 3.92. The number of hydrogen-bond donors (Lipinski definition) is 0. The Bertz CT molecular complexity index is 809. The zero-order valence-electron chi connectivity index (χ0n) is 15.4. The van der Waals surface area contributed by atoms with Crippen molar-refractivity contribution >= 4 is 23.2 Å². The van der Waals surface area contributed by atoms with Crippen LogP contribution in [0.1, 0.15) is 29.0 Å². The Hall–Kier alpha value is -2.00. The van der Waals surface area contributed by atoms with Gasteiger partial charge in [-0.3, -0.25) is 4.79 Å². The van der Waals surface area contributed by atoms with Crippen molar-refractivity contribution in [3.05, 3.63) is 64.2 Å². The van der Waals surface area contributed by atoms with E-state index in [1.165, 1.54) is 16.7 Å². The average Bonchev–Trinajstić information content (AvgIpc) is 3.45. The van der Waals surface area contributed by atoms with E-state index in [9.17, 15) is 4.79 Å². The number of carbonyl (C=O) groups is 1. The summed E-state index contributed by atoms with van der Waals surface area (Å²) in [6.07, 6.45) is 0.992. The zero-order chi connectivity index (χ0) is 18.3. The molecule has 0 bridgehead atoms. The largest absolute Gasteiger partial charge is 0.367 e. The number of aryl methyl sites for hydroxylation is 2. The molecule has 1 saturated carbocycles. The van der Waals surface area contributed by atoms with Gasteiger partial charge in [0.2, 0.25) is 5.91 Å². The molecule has 26 heavy (non-hydrogen) atoms. The van der Waals surface area contributed by atoms with E-state index in [0.717, 1.165) is 43.3 Å². The first-order valence-corrected chi connectivity index (χ1v) is 9.77. The third-order valence-electron chi connectivity index (χ3n) is 5.65. The van der Waals surface area contributed by atoms with Crippen LogP contribution in [-0.4, -0.2) is 37.0 Å². The van der Waals surface area contributed by atoms with E-state index in [-0.39, 0.29) is 5.92 Å². The number of nitrogens with zero attached hydrogens (tertiary/aromatic N) is 2. The lowest BCUT2D eigenvalue weighted by atomic mass is 10.1. The molecule has 1 amide bonds. The number of benzene rings is 2. The van der Waals surface area contributed by atoms with Crippen LogP contribution >= 0.6 is 11.6 Å². The number of amides is 1. The van der Waals surface area contributed by atoms with Gasteiger partial charge in [0.05, 0.1) is 10.7 Å². The van der Waals surface area contributed by atoms with E-state index in [1.807, 2.05) is 17.0 Å². The molecular weight excluding hydrogens is 344 g/mol. The van der Waals surface area contributed by atoms with Crippen LogP contribution in [0, 0.1) is 19.8 Å². The molecule has 2 aromatic carbocycles. The van der Waals surface area contributed by atoms with Gasteiger partial charge in [-0.05, 0) is 49.4 Å². The Morgan fingerprint density at radius 3 is 2.31 bits per heavy atom. The van der Waals surface area contributed by atoms with Crippen molar-refractivity contribution < 1.29 is 4.79 Å².